The van der Waals surface area contributed by atoms with Gasteiger partial charge in [0.2, 0.25) is 0 Å². The van der Waals surface area contributed by atoms with E-state index in [1.807, 2.05) is 44.2 Å². The number of aryl methyl sites for hydroxylation is 2. The molecular formula is C17H15N3O2. The number of carbonyl (C=O) groups is 1. The van der Waals surface area contributed by atoms with Crippen LogP contribution in [0, 0.1) is 13.8 Å². The molecule has 0 aliphatic carbocycles. The molecule has 3 aromatic rings. The molecule has 5 nitrogen and oxygen atoms in total. The highest BCUT2D eigenvalue weighted by Gasteiger charge is 2.15. The Morgan fingerprint density at radius 1 is 1.18 bits per heavy atom. The van der Waals surface area contributed by atoms with Crippen LogP contribution < -0.4 is 11.3 Å². The van der Waals surface area contributed by atoms with Crippen molar-refractivity contribution in [2.75, 3.05) is 0 Å². The second-order valence-electron chi connectivity index (χ2n) is 5.21. The van der Waals surface area contributed by atoms with Gasteiger partial charge in [0.25, 0.3) is 5.56 Å². The first kappa shape index (κ1) is 14.0. The molecule has 0 unspecified atom stereocenters. The number of carbonyl (C=O) groups excluding carboxylic acids is 1. The Kier molecular flexibility index (Phi) is 3.25. The van der Waals surface area contributed by atoms with E-state index in [0.717, 1.165) is 21.4 Å². The van der Waals surface area contributed by atoms with Crippen molar-refractivity contribution in [1.29, 1.82) is 0 Å². The third-order valence-electron chi connectivity index (χ3n) is 3.75. The van der Waals surface area contributed by atoms with Crippen molar-refractivity contribution in [2.24, 2.45) is 5.73 Å². The molecule has 3 rings (SSSR count). The number of benzene rings is 1. The Balaban J connectivity index is 2.50. The molecule has 0 saturated carbocycles. The van der Waals surface area contributed by atoms with Crippen molar-refractivity contribution >= 4 is 16.9 Å². The Hall–Kier alpha value is -2.95. The van der Waals surface area contributed by atoms with E-state index in [-0.39, 0.29) is 0 Å². The minimum Gasteiger partial charge on any atom is -0.351 e. The summed E-state index contributed by atoms with van der Waals surface area (Å²) in [4.78, 5) is 28.6. The zero-order valence-electron chi connectivity index (χ0n) is 12.3. The largest absolute Gasteiger partial charge is 0.351 e. The number of nitrogens with zero attached hydrogens (tertiary/aromatic N) is 2. The SMILES string of the molecule is Cc1cc2c(=O)n(C(N)=O)cc(-c3ccccc3)c2nc1C. The number of pyridine rings is 2. The third-order valence-corrected chi connectivity index (χ3v) is 3.75. The second-order valence-corrected chi connectivity index (χ2v) is 5.21. The van der Waals surface area contributed by atoms with Crippen molar-refractivity contribution in [1.82, 2.24) is 9.55 Å². The van der Waals surface area contributed by atoms with Gasteiger partial charge in [0.05, 0.1) is 10.9 Å². The van der Waals surface area contributed by atoms with Crippen LogP contribution >= 0.6 is 0 Å². The Bertz CT molecular complexity index is 944. The Morgan fingerprint density at radius 2 is 1.86 bits per heavy atom. The zero-order valence-corrected chi connectivity index (χ0v) is 12.3. The highest BCUT2D eigenvalue weighted by atomic mass is 16.2. The summed E-state index contributed by atoms with van der Waals surface area (Å²) >= 11 is 0. The van der Waals surface area contributed by atoms with E-state index in [1.165, 1.54) is 6.20 Å². The fourth-order valence-electron chi connectivity index (χ4n) is 2.45. The summed E-state index contributed by atoms with van der Waals surface area (Å²) in [5.74, 6) is 0. The monoisotopic (exact) mass is 293 g/mol. The predicted molar refractivity (Wildman–Crippen MR) is 85.9 cm³/mol. The molecule has 0 saturated heterocycles. The molecule has 5 heteroatoms. The van der Waals surface area contributed by atoms with E-state index in [4.69, 9.17) is 5.73 Å². The topological polar surface area (TPSA) is 78.0 Å². The van der Waals surface area contributed by atoms with E-state index >= 15 is 0 Å². The van der Waals surface area contributed by atoms with E-state index < -0.39 is 11.6 Å². The summed E-state index contributed by atoms with van der Waals surface area (Å²) < 4.78 is 0.932. The number of nitrogens with two attached hydrogens (primary N) is 1. The summed E-state index contributed by atoms with van der Waals surface area (Å²) in [6, 6.07) is 10.4. The van der Waals surface area contributed by atoms with Gasteiger partial charge in [-0.25, -0.2) is 9.36 Å². The predicted octanol–water partition coefficient (Wildman–Crippen LogP) is 2.61. The van der Waals surface area contributed by atoms with Crippen LogP contribution in [-0.4, -0.2) is 15.6 Å². The maximum absolute atomic E-state index is 12.4. The molecule has 0 atom stereocenters. The van der Waals surface area contributed by atoms with Crippen LogP contribution in [-0.2, 0) is 0 Å². The van der Waals surface area contributed by atoms with Gasteiger partial charge >= 0.3 is 6.03 Å². The van der Waals surface area contributed by atoms with E-state index in [9.17, 15) is 9.59 Å². The van der Waals surface area contributed by atoms with Crippen molar-refractivity contribution in [2.45, 2.75) is 13.8 Å². The number of amides is 1. The van der Waals surface area contributed by atoms with Crippen molar-refractivity contribution in [3.8, 4) is 11.1 Å². The number of aromatic nitrogens is 2. The molecule has 0 aliphatic rings. The number of hydrogen-bond acceptors (Lipinski definition) is 3. The summed E-state index contributed by atoms with van der Waals surface area (Å²) in [7, 11) is 0. The molecule has 2 aromatic heterocycles. The van der Waals surface area contributed by atoms with Gasteiger partial charge in [0.15, 0.2) is 0 Å². The van der Waals surface area contributed by atoms with Gasteiger partial charge in [0, 0.05) is 17.5 Å². The van der Waals surface area contributed by atoms with Gasteiger partial charge < -0.3 is 5.73 Å². The summed E-state index contributed by atoms with van der Waals surface area (Å²) in [5.41, 5.74) is 8.78. The van der Waals surface area contributed by atoms with Crippen molar-refractivity contribution < 1.29 is 4.79 Å². The highest BCUT2D eigenvalue weighted by Crippen LogP contribution is 2.26. The molecule has 0 aliphatic heterocycles. The van der Waals surface area contributed by atoms with E-state index in [0.29, 0.717) is 16.5 Å². The van der Waals surface area contributed by atoms with Crippen LogP contribution in [0.5, 0.6) is 0 Å². The lowest BCUT2D eigenvalue weighted by Crippen LogP contribution is -2.31. The minimum absolute atomic E-state index is 0.392. The minimum atomic E-state index is -0.803. The molecule has 2 N–H and O–H groups in total. The van der Waals surface area contributed by atoms with Crippen LogP contribution in [0.2, 0.25) is 0 Å². The van der Waals surface area contributed by atoms with Crippen molar-refractivity contribution in [3.63, 3.8) is 0 Å². The van der Waals surface area contributed by atoms with Crippen LogP contribution in [0.15, 0.2) is 47.4 Å². The van der Waals surface area contributed by atoms with E-state index in [2.05, 4.69) is 4.98 Å². The number of fused-ring (bicyclic) bond motifs is 1. The standard InChI is InChI=1S/C17H15N3O2/c1-10-8-13-15(19-11(10)2)14(12-6-4-3-5-7-12)9-20(16(13)21)17(18)22/h3-9H,1-2H3,(H2,18,22). The number of rotatable bonds is 1. The number of hydrogen-bond donors (Lipinski definition) is 1. The van der Waals surface area contributed by atoms with Crippen LogP contribution in [0.25, 0.3) is 22.0 Å². The van der Waals surface area contributed by atoms with Gasteiger partial charge in [-0.15, -0.1) is 0 Å². The Labute approximate surface area is 127 Å². The van der Waals surface area contributed by atoms with Gasteiger partial charge in [-0.3, -0.25) is 9.78 Å². The molecule has 2 heterocycles. The second kappa shape index (κ2) is 5.11. The Morgan fingerprint density at radius 3 is 2.50 bits per heavy atom. The smallest absolute Gasteiger partial charge is 0.325 e. The first-order valence-corrected chi connectivity index (χ1v) is 6.88. The molecule has 0 radical (unpaired) electrons. The molecular weight excluding hydrogens is 278 g/mol. The molecule has 22 heavy (non-hydrogen) atoms. The van der Waals surface area contributed by atoms with Gasteiger partial charge in [-0.05, 0) is 31.0 Å². The average Bonchev–Trinajstić information content (AvgIpc) is 2.50. The third kappa shape index (κ3) is 2.16. The highest BCUT2D eigenvalue weighted by molar-refractivity contribution is 5.95. The van der Waals surface area contributed by atoms with Crippen LogP contribution in [0.1, 0.15) is 11.3 Å². The van der Waals surface area contributed by atoms with E-state index in [1.54, 1.807) is 6.07 Å². The molecule has 0 spiro atoms. The first-order valence-electron chi connectivity index (χ1n) is 6.88. The van der Waals surface area contributed by atoms with Crippen molar-refractivity contribution in [3.05, 3.63) is 64.2 Å². The van der Waals surface area contributed by atoms with Gasteiger partial charge in [0.1, 0.15) is 0 Å². The summed E-state index contributed by atoms with van der Waals surface area (Å²) in [6.07, 6.45) is 1.46. The fourth-order valence-corrected chi connectivity index (χ4v) is 2.45. The maximum Gasteiger partial charge on any atom is 0.325 e. The zero-order chi connectivity index (χ0) is 15.9. The molecule has 0 bridgehead atoms. The number of primary amides is 1. The quantitative estimate of drug-likeness (QED) is 0.749. The molecule has 110 valence electrons. The maximum atomic E-state index is 12.4. The van der Waals surface area contributed by atoms with Gasteiger partial charge in [-0.2, -0.15) is 0 Å². The molecule has 0 fully saturated rings. The lowest BCUT2D eigenvalue weighted by molar-refractivity contribution is 0.249. The lowest BCUT2D eigenvalue weighted by atomic mass is 10.0. The van der Waals surface area contributed by atoms with Gasteiger partial charge in [-0.1, -0.05) is 30.3 Å². The lowest BCUT2D eigenvalue weighted by Gasteiger charge is -2.11. The van der Waals surface area contributed by atoms with Crippen LogP contribution in [0.3, 0.4) is 0 Å². The first-order chi connectivity index (χ1) is 10.5. The normalized spacial score (nSPS) is 10.8. The molecule has 1 aromatic carbocycles. The summed E-state index contributed by atoms with van der Waals surface area (Å²) in [6.45, 7) is 3.77. The molecule has 1 amide bonds. The summed E-state index contributed by atoms with van der Waals surface area (Å²) in [5, 5.41) is 0.392. The van der Waals surface area contributed by atoms with Crippen LogP contribution in [0.4, 0.5) is 4.79 Å². The average molecular weight is 293 g/mol. The fraction of sp³-hybridized carbons (Fsp3) is 0.118.